The summed E-state index contributed by atoms with van der Waals surface area (Å²) in [6.07, 6.45) is 6.26. The number of hydrogen-bond acceptors (Lipinski definition) is 10. The Balaban J connectivity index is 0.00000160. The van der Waals surface area contributed by atoms with Crippen molar-refractivity contribution in [2.75, 3.05) is 18.5 Å². The van der Waals surface area contributed by atoms with Crippen molar-refractivity contribution in [1.29, 1.82) is 5.26 Å². The largest absolute Gasteiger partial charge is 0.483 e. The third-order valence-corrected chi connectivity index (χ3v) is 8.53. The van der Waals surface area contributed by atoms with E-state index < -0.39 is 0 Å². The Morgan fingerprint density at radius 2 is 2.04 bits per heavy atom. The quantitative estimate of drug-likeness (QED) is 0.106. The van der Waals surface area contributed by atoms with E-state index in [4.69, 9.17) is 19.3 Å². The number of amides is 2. The number of carbonyl (C=O) groups is 3. The Morgan fingerprint density at radius 3 is 2.70 bits per heavy atom. The summed E-state index contributed by atoms with van der Waals surface area (Å²) in [6, 6.07) is 11.3. The topological polar surface area (TPSA) is 187 Å². The van der Waals surface area contributed by atoms with E-state index in [2.05, 4.69) is 21.7 Å². The lowest BCUT2D eigenvalue weighted by molar-refractivity contribution is -0.127. The molecule has 1 saturated heterocycles. The molecule has 0 bridgehead atoms. The smallest absolute Gasteiger partial charge is 0.290 e. The van der Waals surface area contributed by atoms with Crippen LogP contribution in [0.3, 0.4) is 0 Å². The van der Waals surface area contributed by atoms with E-state index in [0.29, 0.717) is 41.7 Å². The fourth-order valence-electron chi connectivity index (χ4n) is 5.25. The summed E-state index contributed by atoms with van der Waals surface area (Å²) in [6.45, 7) is 9.07. The maximum Gasteiger partial charge on any atom is 0.290 e. The van der Waals surface area contributed by atoms with Gasteiger partial charge in [0.2, 0.25) is 5.95 Å². The summed E-state index contributed by atoms with van der Waals surface area (Å²) >= 11 is 1.29. The van der Waals surface area contributed by atoms with Crippen LogP contribution >= 0.6 is 11.3 Å². The van der Waals surface area contributed by atoms with Gasteiger partial charge in [0.05, 0.1) is 39.6 Å². The number of aliphatic hydroxyl groups excluding tert-OH is 1. The number of carboxylic acid groups (broad SMARTS) is 1. The molecule has 0 unspecified atom stereocenters. The number of anilines is 1. The monoisotopic (exact) mass is 661 g/mol. The summed E-state index contributed by atoms with van der Waals surface area (Å²) in [7, 11) is 0. The molecular weight excluding hydrogens is 622 g/mol. The van der Waals surface area contributed by atoms with E-state index in [-0.39, 0.29) is 48.0 Å². The van der Waals surface area contributed by atoms with E-state index in [9.17, 15) is 20.0 Å². The van der Waals surface area contributed by atoms with E-state index in [1.54, 1.807) is 23.2 Å². The molecule has 4 aromatic rings. The van der Waals surface area contributed by atoms with Gasteiger partial charge in [0.1, 0.15) is 11.6 Å². The van der Waals surface area contributed by atoms with Crippen LogP contribution in [0, 0.1) is 16.7 Å². The lowest BCUT2D eigenvalue weighted by Crippen LogP contribution is -2.39. The zero-order valence-corrected chi connectivity index (χ0v) is 27.6. The van der Waals surface area contributed by atoms with Crippen LogP contribution in [0.5, 0.6) is 0 Å². The third-order valence-electron chi connectivity index (χ3n) is 7.43. The Hall–Kier alpha value is -4.84. The number of nitriles is 1. The molecule has 3 aromatic heterocycles. The van der Waals surface area contributed by atoms with Crippen molar-refractivity contribution in [3.63, 3.8) is 0 Å². The number of likely N-dealkylation sites (tertiary alicyclic amines) is 1. The van der Waals surface area contributed by atoms with Crippen LogP contribution in [-0.4, -0.2) is 73.2 Å². The normalized spacial score (nSPS) is 15.5. The fraction of sp³-hybridized carbons (Fsp3) is 0.394. The predicted molar refractivity (Wildman–Crippen MR) is 177 cm³/mol. The Kier molecular flexibility index (Phi) is 11.7. The highest BCUT2D eigenvalue weighted by atomic mass is 32.1. The number of hydrogen-bond donors (Lipinski definition) is 4. The van der Waals surface area contributed by atoms with Gasteiger partial charge in [-0.3, -0.25) is 19.7 Å². The second-order valence-electron chi connectivity index (χ2n) is 12.3. The van der Waals surface area contributed by atoms with E-state index in [1.807, 2.05) is 56.5 Å². The minimum atomic E-state index is -0.315. The lowest BCUT2D eigenvalue weighted by Gasteiger charge is -2.26. The van der Waals surface area contributed by atoms with E-state index >= 15 is 0 Å². The molecule has 5 rings (SSSR count). The lowest BCUT2D eigenvalue weighted by atomic mass is 9.93. The number of imidazole rings is 1. The molecule has 0 aliphatic carbocycles. The first-order valence-electron chi connectivity index (χ1n) is 15.1. The molecule has 2 atom stereocenters. The number of nitrogens with zero attached hydrogens (tertiary/aromatic N) is 5. The first-order valence-corrected chi connectivity index (χ1v) is 15.9. The van der Waals surface area contributed by atoms with Crippen molar-refractivity contribution < 1.29 is 29.0 Å². The Morgan fingerprint density at radius 1 is 1.28 bits per heavy atom. The van der Waals surface area contributed by atoms with Crippen LogP contribution in [0.25, 0.3) is 21.7 Å². The van der Waals surface area contributed by atoms with Gasteiger partial charge in [-0.25, -0.2) is 9.97 Å². The number of thiophene rings is 1. The molecule has 4 heterocycles. The third kappa shape index (κ3) is 8.91. The molecule has 1 aromatic carbocycles. The summed E-state index contributed by atoms with van der Waals surface area (Å²) in [5.41, 5.74) is 2.33. The van der Waals surface area contributed by atoms with Gasteiger partial charge < -0.3 is 29.4 Å². The Labute approximate surface area is 276 Å². The van der Waals surface area contributed by atoms with E-state index in [1.165, 1.54) is 17.7 Å². The van der Waals surface area contributed by atoms with Gasteiger partial charge in [-0.15, -0.1) is 11.3 Å². The van der Waals surface area contributed by atoms with Gasteiger partial charge >= 0.3 is 0 Å². The van der Waals surface area contributed by atoms with E-state index in [0.717, 1.165) is 28.8 Å². The number of aromatic nitrogens is 3. The first kappa shape index (κ1) is 35.0. The van der Waals surface area contributed by atoms with Gasteiger partial charge in [0, 0.05) is 25.7 Å². The van der Waals surface area contributed by atoms with Crippen molar-refractivity contribution in [3.8, 4) is 16.7 Å². The van der Waals surface area contributed by atoms with Crippen molar-refractivity contribution in [1.82, 2.24) is 24.8 Å². The number of aliphatic hydroxyl groups is 1. The summed E-state index contributed by atoms with van der Waals surface area (Å²) in [4.78, 5) is 47.1. The zero-order valence-electron chi connectivity index (χ0n) is 26.8. The molecule has 0 radical (unpaired) electrons. The first-order chi connectivity index (χ1) is 22.5. The highest BCUT2D eigenvalue weighted by Crippen LogP contribution is 2.30. The van der Waals surface area contributed by atoms with Gasteiger partial charge in [-0.05, 0) is 55.0 Å². The number of rotatable bonds is 10. The van der Waals surface area contributed by atoms with Crippen LogP contribution in [0.1, 0.15) is 55.8 Å². The van der Waals surface area contributed by atoms with Gasteiger partial charge in [-0.1, -0.05) is 32.9 Å². The number of allylic oxidation sites excluding steroid dienone is 1. The molecule has 1 aliphatic heterocycles. The highest BCUT2D eigenvalue weighted by molar-refractivity contribution is 7.17. The number of oxazole rings is 1. The van der Waals surface area contributed by atoms with Gasteiger partial charge in [-0.2, -0.15) is 5.26 Å². The molecule has 4 N–H and O–H groups in total. The van der Waals surface area contributed by atoms with Crippen LogP contribution in [0.15, 0.2) is 59.0 Å². The number of benzene rings is 1. The van der Waals surface area contributed by atoms with Crippen LogP contribution in [0.2, 0.25) is 0 Å². The second-order valence-corrected chi connectivity index (χ2v) is 13.3. The minimum absolute atomic E-state index is 0.0307. The van der Waals surface area contributed by atoms with Crippen LogP contribution < -0.4 is 10.6 Å². The SMILES string of the molecule is C[C@H](CO)NCc1ccc2c(c1)nc(NC(=O)c1ccc(-c3cnco3)s1)n2C[C@H]1CCCN1C(=O)C(C#N)=CC(C)(C)C.O=CO. The maximum atomic E-state index is 13.5. The maximum absolute atomic E-state index is 13.5. The zero-order chi connectivity index (χ0) is 34.1. The van der Waals surface area contributed by atoms with Crippen molar-refractivity contribution in [2.45, 2.75) is 65.7 Å². The minimum Gasteiger partial charge on any atom is -0.483 e. The Bertz CT molecular complexity index is 1760. The molecule has 248 valence electrons. The van der Waals surface area contributed by atoms with Crippen LogP contribution in [0.4, 0.5) is 5.95 Å². The summed E-state index contributed by atoms with van der Waals surface area (Å²) in [5.74, 6) is 0.375. The standard InChI is InChI=1S/C32H37N7O4S.CH2O2/c1-20(18-40)35-15-21-7-8-25-24(12-21)36-31(37-29(41)28-10-9-27(44-28)26-16-34-19-43-26)39(25)17-23-6-5-11-38(23)30(42)22(14-33)13-32(2,3)4;2-1-3/h7-10,12-13,16,19-20,23,35,40H,5-6,11,15,17-18H2,1-4H3,(H,36,37,41);1H,(H,2,3)/t20-,23-;/m1./s1. The summed E-state index contributed by atoms with van der Waals surface area (Å²) < 4.78 is 7.32. The highest BCUT2D eigenvalue weighted by Gasteiger charge is 2.32. The molecule has 14 heteroatoms. The average molecular weight is 662 g/mol. The fourth-order valence-corrected chi connectivity index (χ4v) is 6.10. The molecule has 1 aliphatic rings. The number of carbonyl (C=O) groups excluding carboxylic acids is 2. The molecule has 0 saturated carbocycles. The molecule has 13 nitrogen and oxygen atoms in total. The van der Waals surface area contributed by atoms with Crippen molar-refractivity contribution >= 4 is 46.6 Å². The molecule has 0 spiro atoms. The number of fused-ring (bicyclic) bond motifs is 1. The van der Waals surface area contributed by atoms with Gasteiger partial charge in [0.15, 0.2) is 12.2 Å². The summed E-state index contributed by atoms with van der Waals surface area (Å²) in [5, 5.41) is 32.3. The molecule has 2 amide bonds. The molecule has 1 fully saturated rings. The van der Waals surface area contributed by atoms with Gasteiger partial charge in [0.25, 0.3) is 18.3 Å². The molecule has 47 heavy (non-hydrogen) atoms. The van der Waals surface area contributed by atoms with Crippen molar-refractivity contribution in [3.05, 3.63) is 65.0 Å². The molecular formula is C33H39N7O6S. The number of nitrogens with one attached hydrogen (secondary N) is 2. The second kappa shape index (κ2) is 15.6. The predicted octanol–water partition coefficient (Wildman–Crippen LogP) is 4.66. The average Bonchev–Trinajstić information content (AvgIpc) is 3.86. The van der Waals surface area contributed by atoms with Crippen LogP contribution in [-0.2, 0) is 22.7 Å². The van der Waals surface area contributed by atoms with Crippen molar-refractivity contribution in [2.24, 2.45) is 5.41 Å².